The molecule has 1 aromatic heterocycles. The third kappa shape index (κ3) is 6.21. The van der Waals surface area contributed by atoms with Crippen LogP contribution >= 0.6 is 23.7 Å². The molecular formula is C15H27ClN2O6S4. The summed E-state index contributed by atoms with van der Waals surface area (Å²) in [4.78, 5) is 0. The molecule has 1 aliphatic heterocycles. The van der Waals surface area contributed by atoms with Crippen LogP contribution in [0, 0.1) is 0 Å². The zero-order valence-corrected chi connectivity index (χ0v) is 19.6. The summed E-state index contributed by atoms with van der Waals surface area (Å²) in [7, 11) is -8.83. The van der Waals surface area contributed by atoms with Crippen molar-refractivity contribution in [2.45, 2.75) is 52.3 Å². The fraction of sp³-hybridized carbons (Fsp3) is 0.733. The van der Waals surface area contributed by atoms with Crippen LogP contribution in [0.4, 0.5) is 0 Å². The Morgan fingerprint density at radius 1 is 1.39 bits per heavy atom. The number of thiophene rings is 1. The molecule has 1 aliphatic rings. The molecule has 1 unspecified atom stereocenters. The summed E-state index contributed by atoms with van der Waals surface area (Å²) in [6.07, 6.45) is 1.99. The molecule has 0 saturated heterocycles. The minimum Gasteiger partial charge on any atom is -0.395 e. The van der Waals surface area contributed by atoms with Gasteiger partial charge in [-0.25, -0.2) is 22.0 Å². The van der Waals surface area contributed by atoms with E-state index in [2.05, 4.69) is 5.32 Å². The molecule has 0 bridgehead atoms. The zero-order valence-electron chi connectivity index (χ0n) is 15.5. The number of aliphatic hydroxyl groups excluding tert-OH is 1. The molecule has 4 N–H and O–H groups in total. The van der Waals surface area contributed by atoms with E-state index in [1.54, 1.807) is 0 Å². The maximum absolute atomic E-state index is 13.0. The molecule has 0 fully saturated rings. The van der Waals surface area contributed by atoms with Crippen molar-refractivity contribution in [3.05, 3.63) is 11.6 Å². The predicted molar refractivity (Wildman–Crippen MR) is 114 cm³/mol. The lowest BCUT2D eigenvalue weighted by molar-refractivity contribution is 0.321. The van der Waals surface area contributed by atoms with E-state index in [9.17, 15) is 21.0 Å². The summed E-state index contributed by atoms with van der Waals surface area (Å²) in [5, 5.41) is 16.6. The number of hydrogen-bond donors (Lipinski definition) is 3. The van der Waals surface area contributed by atoms with Crippen LogP contribution < -0.4 is 10.5 Å². The summed E-state index contributed by atoms with van der Waals surface area (Å²) < 4.78 is 61.0. The Morgan fingerprint density at radius 3 is 2.64 bits per heavy atom. The number of primary sulfonamides is 1. The van der Waals surface area contributed by atoms with E-state index in [1.807, 2.05) is 6.92 Å². The van der Waals surface area contributed by atoms with Crippen LogP contribution in [-0.2, 0) is 30.7 Å². The number of fused-ring (bicyclic) bond motifs is 1. The minimum absolute atomic E-state index is 0. The first-order valence-corrected chi connectivity index (χ1v) is 14.1. The van der Waals surface area contributed by atoms with Crippen LogP contribution in [-0.4, -0.2) is 56.1 Å². The van der Waals surface area contributed by atoms with Crippen molar-refractivity contribution >= 4 is 54.4 Å². The summed E-state index contributed by atoms with van der Waals surface area (Å²) >= 11 is 0.704. The van der Waals surface area contributed by atoms with Gasteiger partial charge in [0.25, 0.3) is 0 Å². The van der Waals surface area contributed by atoms with Gasteiger partial charge in [0.05, 0.1) is 11.9 Å². The highest BCUT2D eigenvalue weighted by molar-refractivity contribution is 7.95. The maximum atomic E-state index is 13.0. The van der Waals surface area contributed by atoms with Gasteiger partial charge in [-0.05, 0) is 38.3 Å². The number of sulfone groups is 1. The van der Waals surface area contributed by atoms with E-state index in [0.29, 0.717) is 48.5 Å². The lowest BCUT2D eigenvalue weighted by atomic mass is 10.0. The number of hydrogen-bond acceptors (Lipinski definition) is 8. The van der Waals surface area contributed by atoms with E-state index in [-0.39, 0.29) is 39.2 Å². The van der Waals surface area contributed by atoms with E-state index in [0.717, 1.165) is 6.42 Å². The predicted octanol–water partition coefficient (Wildman–Crippen LogP) is 0.925. The molecule has 0 aromatic carbocycles. The van der Waals surface area contributed by atoms with Gasteiger partial charge >= 0.3 is 0 Å². The third-order valence-electron chi connectivity index (χ3n) is 4.41. The molecule has 0 aliphatic carbocycles. The molecular weight excluding hydrogens is 468 g/mol. The van der Waals surface area contributed by atoms with Crippen LogP contribution in [0.1, 0.15) is 44.2 Å². The van der Waals surface area contributed by atoms with Crippen molar-refractivity contribution in [2.75, 3.05) is 24.7 Å². The maximum Gasteiger partial charge on any atom is 0.247 e. The molecule has 3 atom stereocenters. The van der Waals surface area contributed by atoms with E-state index in [4.69, 9.17) is 10.2 Å². The van der Waals surface area contributed by atoms with Crippen LogP contribution in [0.15, 0.2) is 14.5 Å². The van der Waals surface area contributed by atoms with Gasteiger partial charge < -0.3 is 10.4 Å². The number of nitrogens with one attached hydrogen (secondary N) is 1. The number of sulfonamides is 1. The smallest absolute Gasteiger partial charge is 0.247 e. The largest absolute Gasteiger partial charge is 0.395 e. The van der Waals surface area contributed by atoms with Gasteiger partial charge in [-0.2, -0.15) is 0 Å². The van der Waals surface area contributed by atoms with Crippen LogP contribution in [0.2, 0.25) is 0 Å². The summed E-state index contributed by atoms with van der Waals surface area (Å²) in [6.45, 7) is 2.51. The number of halogens is 1. The SMILES string of the molecule is CCCN[C@H]1C[C@H](CCCS(=O)CCO)S(=O)(=O)c2sc(S(N)(=O)=O)cc21.Cl. The average Bonchev–Trinajstić information content (AvgIpc) is 3.03. The first-order chi connectivity index (χ1) is 12.6. The first kappa shape index (κ1) is 26.0. The average molecular weight is 495 g/mol. The summed E-state index contributed by atoms with van der Waals surface area (Å²) in [6, 6.07) is 1.11. The molecule has 164 valence electrons. The fourth-order valence-corrected chi connectivity index (χ4v) is 8.75. The van der Waals surface area contributed by atoms with Crippen molar-refractivity contribution in [2.24, 2.45) is 5.14 Å². The molecule has 2 rings (SSSR count). The van der Waals surface area contributed by atoms with Crippen LogP contribution in [0.5, 0.6) is 0 Å². The Balaban J connectivity index is 0.00000392. The molecule has 8 nitrogen and oxygen atoms in total. The van der Waals surface area contributed by atoms with Crippen molar-refractivity contribution < 1.29 is 26.2 Å². The normalized spacial score (nSPS) is 22.2. The highest BCUT2D eigenvalue weighted by Gasteiger charge is 2.41. The quantitative estimate of drug-likeness (QED) is 0.438. The lowest BCUT2D eigenvalue weighted by Crippen LogP contribution is -2.35. The monoisotopic (exact) mass is 494 g/mol. The topological polar surface area (TPSA) is 144 Å². The summed E-state index contributed by atoms with van der Waals surface area (Å²) in [5.41, 5.74) is 0.470. The molecule has 0 saturated carbocycles. The Kier molecular flexibility index (Phi) is 10.0. The molecule has 0 spiro atoms. The van der Waals surface area contributed by atoms with Gasteiger partial charge in [0.15, 0.2) is 9.84 Å². The van der Waals surface area contributed by atoms with Gasteiger partial charge in [0.2, 0.25) is 10.0 Å². The lowest BCUT2D eigenvalue weighted by Gasteiger charge is -2.30. The van der Waals surface area contributed by atoms with Crippen molar-refractivity contribution in [1.82, 2.24) is 5.32 Å². The van der Waals surface area contributed by atoms with Gasteiger partial charge in [-0.1, -0.05) is 6.92 Å². The van der Waals surface area contributed by atoms with Gasteiger partial charge in [-0.3, -0.25) is 4.21 Å². The molecule has 1 aromatic rings. The first-order valence-electron chi connectivity index (χ1n) is 8.70. The second-order valence-corrected chi connectivity index (χ2v) is 13.4. The Hall–Kier alpha value is -0.0800. The second kappa shape index (κ2) is 10.8. The molecule has 0 amide bonds. The number of aliphatic hydroxyl groups is 1. The molecule has 2 heterocycles. The van der Waals surface area contributed by atoms with Crippen LogP contribution in [0.25, 0.3) is 0 Å². The third-order valence-corrected chi connectivity index (χ3v) is 11.2. The Labute approximate surface area is 179 Å². The number of rotatable bonds is 10. The van der Waals surface area contributed by atoms with Crippen LogP contribution in [0.3, 0.4) is 0 Å². The molecule has 28 heavy (non-hydrogen) atoms. The van der Waals surface area contributed by atoms with E-state index < -0.39 is 35.9 Å². The van der Waals surface area contributed by atoms with Crippen molar-refractivity contribution in [1.29, 1.82) is 0 Å². The van der Waals surface area contributed by atoms with E-state index >= 15 is 0 Å². The standard InChI is InChI=1S/C15H26N2O6S4.ClH/c1-2-5-17-13-9-11(4-3-7-25(19)8-6-18)26(20,21)15-12(13)10-14(24-15)27(16,22)23;/h10-11,13,17-18H,2-9H2,1H3,(H2,16,22,23);1H/t11-,13-,25?;/m0./s1. The second-order valence-electron chi connectivity index (χ2n) is 6.48. The highest BCUT2D eigenvalue weighted by atomic mass is 35.5. The summed E-state index contributed by atoms with van der Waals surface area (Å²) in [5.74, 6) is 0.518. The minimum atomic E-state index is -3.98. The molecule has 13 heteroatoms. The highest BCUT2D eigenvalue weighted by Crippen LogP contribution is 2.43. The zero-order chi connectivity index (χ0) is 20.2. The van der Waals surface area contributed by atoms with Crippen molar-refractivity contribution in [3.63, 3.8) is 0 Å². The Bertz CT molecular complexity index is 884. The fourth-order valence-electron chi connectivity index (χ4n) is 3.10. The van der Waals surface area contributed by atoms with Crippen molar-refractivity contribution in [3.8, 4) is 0 Å². The molecule has 0 radical (unpaired) electrons. The van der Waals surface area contributed by atoms with Gasteiger partial charge in [-0.15, -0.1) is 23.7 Å². The van der Waals surface area contributed by atoms with Gasteiger partial charge in [0, 0.05) is 33.9 Å². The van der Waals surface area contributed by atoms with E-state index in [1.165, 1.54) is 6.07 Å². The Morgan fingerprint density at radius 2 is 2.07 bits per heavy atom. The van der Waals surface area contributed by atoms with Gasteiger partial charge in [0.1, 0.15) is 8.42 Å². The number of nitrogens with two attached hydrogens (primary N) is 1.